The molecule has 0 N–H and O–H groups in total. The smallest absolute Gasteiger partial charge is 0.236 e. The van der Waals surface area contributed by atoms with Gasteiger partial charge in [0, 0.05) is 26.2 Å². The summed E-state index contributed by atoms with van der Waals surface area (Å²) in [5.74, 6) is 1.68. The first kappa shape index (κ1) is 21.7. The number of piperazine rings is 1. The first-order chi connectivity index (χ1) is 16.8. The molecule has 34 heavy (non-hydrogen) atoms. The lowest BCUT2D eigenvalue weighted by molar-refractivity contribution is 0.208. The summed E-state index contributed by atoms with van der Waals surface area (Å²) in [4.78, 5) is 8.96. The molecule has 6 heteroatoms. The Kier molecular flexibility index (Phi) is 6.55. The van der Waals surface area contributed by atoms with E-state index in [0.29, 0.717) is 17.5 Å². The van der Waals surface area contributed by atoms with Crippen molar-refractivity contribution in [2.45, 2.75) is 12.6 Å². The number of para-hydroxylation sites is 1. The predicted octanol–water partition coefficient (Wildman–Crippen LogP) is 5.04. The van der Waals surface area contributed by atoms with Crippen molar-refractivity contribution >= 4 is 5.88 Å². The highest BCUT2D eigenvalue weighted by Gasteiger charge is 2.29. The topological polar surface area (TPSA) is 65.5 Å². The summed E-state index contributed by atoms with van der Waals surface area (Å²) in [5, 5.41) is 9.63. The second-order valence-electron chi connectivity index (χ2n) is 8.22. The van der Waals surface area contributed by atoms with Gasteiger partial charge in [0.15, 0.2) is 6.61 Å². The molecule has 0 bridgehead atoms. The Morgan fingerprint density at radius 2 is 1.38 bits per heavy atom. The fourth-order valence-corrected chi connectivity index (χ4v) is 4.43. The minimum absolute atomic E-state index is 0.183. The summed E-state index contributed by atoms with van der Waals surface area (Å²) < 4.78 is 11.7. The van der Waals surface area contributed by atoms with E-state index in [1.807, 2.05) is 30.3 Å². The van der Waals surface area contributed by atoms with Gasteiger partial charge in [-0.3, -0.25) is 4.90 Å². The molecule has 170 valence electrons. The Morgan fingerprint density at radius 1 is 0.824 bits per heavy atom. The molecule has 4 aromatic rings. The number of oxazole rings is 1. The fourth-order valence-electron chi connectivity index (χ4n) is 4.43. The molecule has 0 spiro atoms. The standard InChI is InChI=1S/C28H26N4O2/c29-20-25-28(34-26(30-25)21-33-24-14-8-3-9-15-24)32-18-16-31(17-19-32)27(22-10-4-1-5-11-22)23-12-6-2-7-13-23/h1-15,27H,16-19,21H2. The predicted molar refractivity (Wildman–Crippen MR) is 131 cm³/mol. The lowest BCUT2D eigenvalue weighted by Crippen LogP contribution is -2.48. The van der Waals surface area contributed by atoms with E-state index in [-0.39, 0.29) is 12.6 Å². The lowest BCUT2D eigenvalue weighted by Gasteiger charge is -2.39. The average molecular weight is 451 g/mol. The van der Waals surface area contributed by atoms with Crippen molar-refractivity contribution in [2.24, 2.45) is 0 Å². The number of hydrogen-bond donors (Lipinski definition) is 0. The largest absolute Gasteiger partial charge is 0.484 e. The van der Waals surface area contributed by atoms with Crippen LogP contribution in [0.3, 0.4) is 0 Å². The summed E-state index contributed by atoms with van der Waals surface area (Å²) in [5.41, 5.74) is 2.86. The number of benzene rings is 3. The summed E-state index contributed by atoms with van der Waals surface area (Å²) in [6, 6.07) is 33.1. The quantitative estimate of drug-likeness (QED) is 0.393. The molecule has 5 rings (SSSR count). The third-order valence-electron chi connectivity index (χ3n) is 6.06. The molecule has 0 radical (unpaired) electrons. The number of rotatable bonds is 7. The molecule has 1 saturated heterocycles. The van der Waals surface area contributed by atoms with Gasteiger partial charge in [0.1, 0.15) is 11.8 Å². The zero-order valence-corrected chi connectivity index (χ0v) is 18.9. The molecule has 1 aromatic heterocycles. The molecule has 2 heterocycles. The summed E-state index contributed by atoms with van der Waals surface area (Å²) in [7, 11) is 0. The Balaban J connectivity index is 1.30. The van der Waals surface area contributed by atoms with Gasteiger partial charge in [-0.15, -0.1) is 0 Å². The maximum atomic E-state index is 9.63. The van der Waals surface area contributed by atoms with Crippen LogP contribution in [0.25, 0.3) is 0 Å². The Bertz CT molecular complexity index is 1190. The molecule has 1 aliphatic rings. The zero-order chi connectivity index (χ0) is 23.2. The van der Waals surface area contributed by atoms with E-state index in [1.54, 1.807) is 0 Å². The summed E-state index contributed by atoms with van der Waals surface area (Å²) in [6.45, 7) is 3.37. The number of anilines is 1. The van der Waals surface area contributed by atoms with Crippen LogP contribution >= 0.6 is 0 Å². The van der Waals surface area contributed by atoms with Crippen molar-refractivity contribution in [2.75, 3.05) is 31.1 Å². The van der Waals surface area contributed by atoms with Crippen molar-refractivity contribution in [1.29, 1.82) is 5.26 Å². The van der Waals surface area contributed by atoms with Crippen LogP contribution in [0, 0.1) is 11.3 Å². The Labute approximate surface area is 199 Å². The Hall–Kier alpha value is -4.08. The third kappa shape index (κ3) is 4.80. The van der Waals surface area contributed by atoms with E-state index < -0.39 is 0 Å². The minimum Gasteiger partial charge on any atom is -0.484 e. The van der Waals surface area contributed by atoms with Gasteiger partial charge < -0.3 is 14.1 Å². The van der Waals surface area contributed by atoms with Crippen LogP contribution in [-0.2, 0) is 6.61 Å². The van der Waals surface area contributed by atoms with Gasteiger partial charge in [0.2, 0.25) is 17.5 Å². The fraction of sp³-hybridized carbons (Fsp3) is 0.214. The van der Waals surface area contributed by atoms with Crippen LogP contribution in [-0.4, -0.2) is 36.1 Å². The molecule has 1 aliphatic heterocycles. The molecule has 1 fully saturated rings. The van der Waals surface area contributed by atoms with Gasteiger partial charge in [0.25, 0.3) is 0 Å². The van der Waals surface area contributed by atoms with Crippen LogP contribution in [0.15, 0.2) is 95.4 Å². The van der Waals surface area contributed by atoms with E-state index in [1.165, 1.54) is 11.1 Å². The van der Waals surface area contributed by atoms with Crippen molar-refractivity contribution in [3.8, 4) is 11.8 Å². The number of hydrogen-bond acceptors (Lipinski definition) is 6. The van der Waals surface area contributed by atoms with Gasteiger partial charge in [-0.05, 0) is 23.3 Å². The minimum atomic E-state index is 0.183. The second-order valence-corrected chi connectivity index (χ2v) is 8.22. The van der Waals surface area contributed by atoms with Gasteiger partial charge in [0.05, 0.1) is 6.04 Å². The number of aromatic nitrogens is 1. The van der Waals surface area contributed by atoms with E-state index >= 15 is 0 Å². The van der Waals surface area contributed by atoms with Crippen LogP contribution < -0.4 is 9.64 Å². The third-order valence-corrected chi connectivity index (χ3v) is 6.06. The second kappa shape index (κ2) is 10.2. The average Bonchev–Trinajstić information content (AvgIpc) is 3.33. The SMILES string of the molecule is N#Cc1nc(COc2ccccc2)oc1N1CCN(C(c2ccccc2)c2ccccc2)CC1. The van der Waals surface area contributed by atoms with Crippen molar-refractivity contribution in [1.82, 2.24) is 9.88 Å². The van der Waals surface area contributed by atoms with Gasteiger partial charge in [-0.2, -0.15) is 10.2 Å². The van der Waals surface area contributed by atoms with Crippen LogP contribution in [0.4, 0.5) is 5.88 Å². The molecule has 0 atom stereocenters. The van der Waals surface area contributed by atoms with E-state index in [0.717, 1.165) is 31.9 Å². The molecular weight excluding hydrogens is 424 g/mol. The van der Waals surface area contributed by atoms with Crippen molar-refractivity contribution in [3.63, 3.8) is 0 Å². The zero-order valence-electron chi connectivity index (χ0n) is 18.9. The van der Waals surface area contributed by atoms with Gasteiger partial charge >= 0.3 is 0 Å². The monoisotopic (exact) mass is 450 g/mol. The first-order valence-corrected chi connectivity index (χ1v) is 11.5. The molecule has 0 saturated carbocycles. The highest BCUT2D eigenvalue weighted by Crippen LogP contribution is 2.31. The van der Waals surface area contributed by atoms with Crippen LogP contribution in [0.2, 0.25) is 0 Å². The highest BCUT2D eigenvalue weighted by atomic mass is 16.5. The highest BCUT2D eigenvalue weighted by molar-refractivity contribution is 5.48. The van der Waals surface area contributed by atoms with E-state index in [9.17, 15) is 5.26 Å². The van der Waals surface area contributed by atoms with E-state index in [4.69, 9.17) is 9.15 Å². The maximum absolute atomic E-state index is 9.63. The maximum Gasteiger partial charge on any atom is 0.236 e. The van der Waals surface area contributed by atoms with Crippen LogP contribution in [0.1, 0.15) is 28.8 Å². The number of ether oxygens (including phenoxy) is 1. The molecule has 3 aromatic carbocycles. The first-order valence-electron chi connectivity index (χ1n) is 11.5. The number of nitriles is 1. The van der Waals surface area contributed by atoms with Gasteiger partial charge in [-0.25, -0.2) is 0 Å². The molecular formula is C28H26N4O2. The van der Waals surface area contributed by atoms with E-state index in [2.05, 4.69) is 81.5 Å². The normalized spacial score (nSPS) is 14.2. The lowest BCUT2D eigenvalue weighted by atomic mass is 9.96. The van der Waals surface area contributed by atoms with Gasteiger partial charge in [-0.1, -0.05) is 78.9 Å². The van der Waals surface area contributed by atoms with Crippen molar-refractivity contribution in [3.05, 3.63) is 114 Å². The molecule has 0 amide bonds. The van der Waals surface area contributed by atoms with Crippen molar-refractivity contribution < 1.29 is 9.15 Å². The molecule has 0 unspecified atom stereocenters. The molecule has 0 aliphatic carbocycles. The molecule has 6 nitrogen and oxygen atoms in total. The summed E-state index contributed by atoms with van der Waals surface area (Å²) >= 11 is 0. The number of nitrogens with zero attached hydrogens (tertiary/aromatic N) is 4. The van der Waals surface area contributed by atoms with Crippen LogP contribution in [0.5, 0.6) is 5.75 Å². The summed E-state index contributed by atoms with van der Waals surface area (Å²) in [6.07, 6.45) is 0. The Morgan fingerprint density at radius 3 is 1.94 bits per heavy atom.